The number of aliphatic carboxylic acids is 2. The normalized spacial score (nSPS) is 19.1. The van der Waals surface area contributed by atoms with Gasteiger partial charge in [0, 0.05) is 13.0 Å². The number of hydrogen-bond donors (Lipinski definition) is 6. The Morgan fingerprint density at radius 2 is 1.73 bits per heavy atom. The fourth-order valence-corrected chi connectivity index (χ4v) is 3.12. The molecule has 0 spiro atoms. The highest BCUT2D eigenvalue weighted by atomic mass is 16.4. The summed E-state index contributed by atoms with van der Waals surface area (Å²) in [5.74, 6) is -4.84. The Bertz CT molecular complexity index is 669. The van der Waals surface area contributed by atoms with E-state index >= 15 is 0 Å². The molecule has 4 unspecified atom stereocenters. The number of carboxylic acids is 2. The van der Waals surface area contributed by atoms with Crippen molar-refractivity contribution < 1.29 is 39.3 Å². The molecule has 0 aliphatic carbocycles. The number of amides is 3. The molecule has 0 bridgehead atoms. The van der Waals surface area contributed by atoms with Gasteiger partial charge in [-0.05, 0) is 25.2 Å². The standard InChI is InChI=1S/C18H30N4O8/c1-9(2)14(17(28)22-7-3-4-12(22)18(29)30)21-16(27)11(8-23)20-15(26)10(19)5-6-13(24)25/h9-12,14,23H,3-8,19H2,1-2H3,(H,20,26)(H,21,27)(H,24,25)(H,29,30). The van der Waals surface area contributed by atoms with Crippen LogP contribution >= 0.6 is 0 Å². The zero-order valence-corrected chi connectivity index (χ0v) is 17.0. The molecule has 0 aromatic carbocycles. The van der Waals surface area contributed by atoms with Crippen molar-refractivity contribution in [2.24, 2.45) is 11.7 Å². The van der Waals surface area contributed by atoms with Crippen molar-refractivity contribution in [3.63, 3.8) is 0 Å². The van der Waals surface area contributed by atoms with Crippen molar-refractivity contribution in [1.29, 1.82) is 0 Å². The van der Waals surface area contributed by atoms with Crippen LogP contribution < -0.4 is 16.4 Å². The summed E-state index contributed by atoms with van der Waals surface area (Å²) in [5, 5.41) is 32.1. The average Bonchev–Trinajstić information content (AvgIpc) is 3.17. The number of hydrogen-bond acceptors (Lipinski definition) is 7. The molecule has 12 heteroatoms. The lowest BCUT2D eigenvalue weighted by atomic mass is 10.0. The Balaban J connectivity index is 2.80. The maximum atomic E-state index is 12.9. The molecule has 0 saturated carbocycles. The van der Waals surface area contributed by atoms with E-state index in [0.717, 1.165) is 0 Å². The Morgan fingerprint density at radius 3 is 2.23 bits per heavy atom. The van der Waals surface area contributed by atoms with Gasteiger partial charge in [-0.2, -0.15) is 0 Å². The quantitative estimate of drug-likeness (QED) is 0.212. The number of rotatable bonds is 11. The van der Waals surface area contributed by atoms with Gasteiger partial charge in [0.05, 0.1) is 12.6 Å². The molecule has 1 heterocycles. The molecule has 4 atom stereocenters. The average molecular weight is 430 g/mol. The smallest absolute Gasteiger partial charge is 0.326 e. The summed E-state index contributed by atoms with van der Waals surface area (Å²) in [7, 11) is 0. The minimum absolute atomic E-state index is 0.153. The lowest BCUT2D eigenvalue weighted by Gasteiger charge is -2.30. The summed E-state index contributed by atoms with van der Waals surface area (Å²) in [4.78, 5) is 60.6. The first-order valence-corrected chi connectivity index (χ1v) is 9.71. The largest absolute Gasteiger partial charge is 0.481 e. The summed E-state index contributed by atoms with van der Waals surface area (Å²) in [5.41, 5.74) is 5.59. The Kier molecular flexibility index (Phi) is 9.66. The van der Waals surface area contributed by atoms with E-state index in [-0.39, 0.29) is 25.3 Å². The van der Waals surface area contributed by atoms with Crippen LogP contribution in [0.2, 0.25) is 0 Å². The number of aliphatic hydroxyl groups is 1. The number of nitrogens with two attached hydrogens (primary N) is 1. The molecule has 0 aromatic rings. The van der Waals surface area contributed by atoms with Gasteiger partial charge in [0.2, 0.25) is 17.7 Å². The van der Waals surface area contributed by atoms with Crippen LogP contribution in [-0.4, -0.2) is 87.2 Å². The summed E-state index contributed by atoms with van der Waals surface area (Å²) in [6.45, 7) is 2.82. The third-order valence-electron chi connectivity index (χ3n) is 4.87. The van der Waals surface area contributed by atoms with Crippen LogP contribution in [0.25, 0.3) is 0 Å². The van der Waals surface area contributed by atoms with E-state index in [1.807, 2.05) is 0 Å². The third kappa shape index (κ3) is 6.95. The number of likely N-dealkylation sites (tertiary alicyclic amines) is 1. The molecule has 30 heavy (non-hydrogen) atoms. The molecule has 1 fully saturated rings. The highest BCUT2D eigenvalue weighted by Crippen LogP contribution is 2.20. The molecule has 12 nitrogen and oxygen atoms in total. The third-order valence-corrected chi connectivity index (χ3v) is 4.87. The van der Waals surface area contributed by atoms with E-state index < -0.39 is 60.4 Å². The second kappa shape index (κ2) is 11.5. The number of carboxylic acid groups (broad SMARTS) is 2. The predicted octanol–water partition coefficient (Wildman–Crippen LogP) is -2.13. The highest BCUT2D eigenvalue weighted by Gasteiger charge is 2.39. The first kappa shape index (κ1) is 25.3. The number of nitrogens with zero attached hydrogens (tertiary/aromatic N) is 1. The number of aliphatic hydroxyl groups excluding tert-OH is 1. The molecule has 0 radical (unpaired) electrons. The van der Waals surface area contributed by atoms with E-state index in [2.05, 4.69) is 10.6 Å². The van der Waals surface area contributed by atoms with Gasteiger partial charge in [0.15, 0.2) is 0 Å². The molecule has 1 rings (SSSR count). The van der Waals surface area contributed by atoms with E-state index in [4.69, 9.17) is 10.8 Å². The van der Waals surface area contributed by atoms with Crippen LogP contribution in [0.3, 0.4) is 0 Å². The Hall–Kier alpha value is -2.73. The van der Waals surface area contributed by atoms with Crippen LogP contribution in [0.15, 0.2) is 0 Å². The van der Waals surface area contributed by atoms with Crippen LogP contribution in [-0.2, 0) is 24.0 Å². The molecule has 170 valence electrons. The SMILES string of the molecule is CC(C)C(NC(=O)C(CO)NC(=O)C(N)CCC(=O)O)C(=O)N1CCCC1C(=O)O. The molecule has 3 amide bonds. The van der Waals surface area contributed by atoms with E-state index in [1.165, 1.54) is 4.90 Å². The Labute approximate surface area is 173 Å². The monoisotopic (exact) mass is 430 g/mol. The summed E-state index contributed by atoms with van der Waals surface area (Å²) in [6.07, 6.45) is 0.364. The minimum atomic E-state index is -1.41. The van der Waals surface area contributed by atoms with E-state index in [9.17, 15) is 34.2 Å². The molecule has 7 N–H and O–H groups in total. The molecule has 1 aliphatic rings. The van der Waals surface area contributed by atoms with Gasteiger partial charge in [-0.3, -0.25) is 19.2 Å². The molecular formula is C18H30N4O8. The molecule has 1 aliphatic heterocycles. The molecule has 0 aromatic heterocycles. The summed E-state index contributed by atoms with van der Waals surface area (Å²) >= 11 is 0. The first-order valence-electron chi connectivity index (χ1n) is 9.71. The van der Waals surface area contributed by atoms with Crippen LogP contribution in [0.5, 0.6) is 0 Å². The van der Waals surface area contributed by atoms with Crippen LogP contribution in [0.4, 0.5) is 0 Å². The first-order chi connectivity index (χ1) is 14.0. The maximum Gasteiger partial charge on any atom is 0.326 e. The van der Waals surface area contributed by atoms with Crippen LogP contribution in [0.1, 0.15) is 39.5 Å². The van der Waals surface area contributed by atoms with Gasteiger partial charge in [0.25, 0.3) is 0 Å². The Morgan fingerprint density at radius 1 is 1.10 bits per heavy atom. The topological polar surface area (TPSA) is 199 Å². The van der Waals surface area contributed by atoms with E-state index in [0.29, 0.717) is 12.8 Å². The van der Waals surface area contributed by atoms with Gasteiger partial charge < -0.3 is 36.6 Å². The number of nitrogens with one attached hydrogen (secondary N) is 2. The maximum absolute atomic E-state index is 12.9. The minimum Gasteiger partial charge on any atom is -0.481 e. The van der Waals surface area contributed by atoms with Gasteiger partial charge in [-0.15, -0.1) is 0 Å². The van der Waals surface area contributed by atoms with Crippen molar-refractivity contribution in [3.8, 4) is 0 Å². The van der Waals surface area contributed by atoms with Crippen molar-refractivity contribution in [2.75, 3.05) is 13.2 Å². The van der Waals surface area contributed by atoms with Gasteiger partial charge in [-0.1, -0.05) is 13.8 Å². The van der Waals surface area contributed by atoms with Crippen molar-refractivity contribution in [3.05, 3.63) is 0 Å². The fourth-order valence-electron chi connectivity index (χ4n) is 3.12. The fraction of sp³-hybridized carbons (Fsp3) is 0.722. The second-order valence-corrected chi connectivity index (χ2v) is 7.54. The van der Waals surface area contributed by atoms with Gasteiger partial charge >= 0.3 is 11.9 Å². The number of carbonyl (C=O) groups excluding carboxylic acids is 3. The summed E-state index contributed by atoms with van der Waals surface area (Å²) in [6, 6.07) is -4.61. The predicted molar refractivity (Wildman–Crippen MR) is 103 cm³/mol. The van der Waals surface area contributed by atoms with E-state index in [1.54, 1.807) is 13.8 Å². The molecule has 1 saturated heterocycles. The van der Waals surface area contributed by atoms with Crippen LogP contribution in [0, 0.1) is 5.92 Å². The zero-order chi connectivity index (χ0) is 23.0. The van der Waals surface area contributed by atoms with Crippen molar-refractivity contribution in [2.45, 2.75) is 63.7 Å². The second-order valence-electron chi connectivity index (χ2n) is 7.54. The lowest BCUT2D eigenvalue weighted by molar-refractivity contribution is -0.150. The lowest BCUT2D eigenvalue weighted by Crippen LogP contribution is -2.59. The van der Waals surface area contributed by atoms with Gasteiger partial charge in [0.1, 0.15) is 18.1 Å². The zero-order valence-electron chi connectivity index (χ0n) is 17.0. The summed E-state index contributed by atoms with van der Waals surface area (Å²) < 4.78 is 0. The molecular weight excluding hydrogens is 400 g/mol. The van der Waals surface area contributed by atoms with Gasteiger partial charge in [-0.25, -0.2) is 4.79 Å². The highest BCUT2D eigenvalue weighted by molar-refractivity contribution is 5.94. The van der Waals surface area contributed by atoms with Crippen molar-refractivity contribution in [1.82, 2.24) is 15.5 Å². The van der Waals surface area contributed by atoms with Crippen molar-refractivity contribution >= 4 is 29.7 Å². The number of carbonyl (C=O) groups is 5.